The standard InChI is InChI=1S/C22H24N4O5S/c1-29-18-7-9-21(20(15-18)30-2)32(27,28)25-17-5-3-16(4-6-17)19-8-10-22(24-23-19)26-11-13-31-14-12-26/h3-10,15,25H,11-14H2,1-2H3. The molecule has 1 saturated heterocycles. The van der Waals surface area contributed by atoms with E-state index in [1.54, 1.807) is 30.3 Å². The third kappa shape index (κ3) is 4.76. The molecule has 0 amide bonds. The Bertz CT molecular complexity index is 1160. The van der Waals surface area contributed by atoms with Crippen LogP contribution in [0, 0.1) is 0 Å². The van der Waals surface area contributed by atoms with Gasteiger partial charge in [-0.2, -0.15) is 0 Å². The van der Waals surface area contributed by atoms with Gasteiger partial charge in [0.1, 0.15) is 16.4 Å². The fraction of sp³-hybridized carbons (Fsp3) is 0.273. The van der Waals surface area contributed by atoms with Crippen molar-refractivity contribution >= 4 is 21.5 Å². The van der Waals surface area contributed by atoms with Gasteiger partial charge >= 0.3 is 0 Å². The fourth-order valence-corrected chi connectivity index (χ4v) is 4.57. The van der Waals surface area contributed by atoms with Crippen LogP contribution in [0.3, 0.4) is 0 Å². The molecule has 2 aromatic carbocycles. The average Bonchev–Trinajstić information content (AvgIpc) is 2.84. The van der Waals surface area contributed by atoms with Crippen LogP contribution in [0.15, 0.2) is 59.5 Å². The SMILES string of the molecule is COc1ccc(S(=O)(=O)Nc2ccc(-c3ccc(N4CCOCC4)nn3)cc2)c(OC)c1. The third-order valence-corrected chi connectivity index (χ3v) is 6.50. The summed E-state index contributed by atoms with van der Waals surface area (Å²) in [5.74, 6) is 1.52. The van der Waals surface area contributed by atoms with Crippen LogP contribution in [0.25, 0.3) is 11.3 Å². The zero-order valence-electron chi connectivity index (χ0n) is 17.8. The first-order chi connectivity index (χ1) is 15.5. The molecule has 0 radical (unpaired) electrons. The molecule has 3 aromatic rings. The molecule has 4 rings (SSSR count). The van der Waals surface area contributed by atoms with Crippen molar-refractivity contribution in [1.82, 2.24) is 10.2 Å². The number of ether oxygens (including phenoxy) is 3. The van der Waals surface area contributed by atoms with Gasteiger partial charge in [0.15, 0.2) is 5.82 Å². The maximum atomic E-state index is 12.9. The number of sulfonamides is 1. The van der Waals surface area contributed by atoms with E-state index in [9.17, 15) is 8.42 Å². The second kappa shape index (κ2) is 9.41. The molecule has 0 atom stereocenters. The Hall–Kier alpha value is -3.37. The molecule has 10 heteroatoms. The van der Waals surface area contributed by atoms with Crippen LogP contribution < -0.4 is 19.1 Å². The molecule has 168 valence electrons. The molecular weight excluding hydrogens is 432 g/mol. The zero-order chi connectivity index (χ0) is 22.6. The van der Waals surface area contributed by atoms with E-state index >= 15 is 0 Å². The lowest BCUT2D eigenvalue weighted by Crippen LogP contribution is -2.36. The molecule has 9 nitrogen and oxygen atoms in total. The Kier molecular flexibility index (Phi) is 6.42. The van der Waals surface area contributed by atoms with E-state index < -0.39 is 10.0 Å². The van der Waals surface area contributed by atoms with Crippen LogP contribution in [-0.2, 0) is 14.8 Å². The van der Waals surface area contributed by atoms with Crippen LogP contribution in [0.1, 0.15) is 0 Å². The van der Waals surface area contributed by atoms with Crippen molar-refractivity contribution in [2.24, 2.45) is 0 Å². The van der Waals surface area contributed by atoms with Crippen LogP contribution in [0.5, 0.6) is 11.5 Å². The van der Waals surface area contributed by atoms with Gasteiger partial charge in [-0.05, 0) is 36.4 Å². The third-order valence-electron chi connectivity index (χ3n) is 5.08. The van der Waals surface area contributed by atoms with Gasteiger partial charge in [0, 0.05) is 30.4 Å². The first-order valence-electron chi connectivity index (χ1n) is 10.0. The number of hydrogen-bond acceptors (Lipinski definition) is 8. The highest BCUT2D eigenvalue weighted by molar-refractivity contribution is 7.92. The minimum absolute atomic E-state index is 0.0226. The summed E-state index contributed by atoms with van der Waals surface area (Å²) in [5.41, 5.74) is 1.95. The average molecular weight is 457 g/mol. The van der Waals surface area contributed by atoms with Gasteiger partial charge in [-0.25, -0.2) is 8.42 Å². The van der Waals surface area contributed by atoms with Gasteiger partial charge in [-0.1, -0.05) is 12.1 Å². The largest absolute Gasteiger partial charge is 0.497 e. The predicted octanol–water partition coefficient (Wildman–Crippen LogP) is 2.80. The molecule has 1 N–H and O–H groups in total. The van der Waals surface area contributed by atoms with Gasteiger partial charge in [0.25, 0.3) is 10.0 Å². The number of rotatable bonds is 7. The van der Waals surface area contributed by atoms with E-state index in [0.29, 0.717) is 30.3 Å². The number of morpholine rings is 1. The van der Waals surface area contributed by atoms with E-state index in [4.69, 9.17) is 14.2 Å². The van der Waals surface area contributed by atoms with E-state index in [2.05, 4.69) is 19.8 Å². The van der Waals surface area contributed by atoms with E-state index in [1.165, 1.54) is 26.4 Å². The van der Waals surface area contributed by atoms with Gasteiger partial charge in [-0.3, -0.25) is 4.72 Å². The Labute approximate surface area is 187 Å². The number of benzene rings is 2. The van der Waals surface area contributed by atoms with Crippen LogP contribution in [0.4, 0.5) is 11.5 Å². The van der Waals surface area contributed by atoms with Crippen molar-refractivity contribution in [3.63, 3.8) is 0 Å². The summed E-state index contributed by atoms with van der Waals surface area (Å²) in [4.78, 5) is 2.15. The Morgan fingerprint density at radius 1 is 0.938 bits per heavy atom. The lowest BCUT2D eigenvalue weighted by Gasteiger charge is -2.27. The number of anilines is 2. The molecule has 1 fully saturated rings. The smallest absolute Gasteiger partial charge is 0.265 e. The molecule has 0 aliphatic carbocycles. The van der Waals surface area contributed by atoms with Crippen LogP contribution in [0.2, 0.25) is 0 Å². The Morgan fingerprint density at radius 2 is 1.69 bits per heavy atom. The van der Waals surface area contributed by atoms with Crippen LogP contribution in [-0.4, -0.2) is 59.1 Å². The molecule has 1 aromatic heterocycles. The summed E-state index contributed by atoms with van der Waals surface area (Å²) in [7, 11) is -0.937. The predicted molar refractivity (Wildman–Crippen MR) is 121 cm³/mol. The van der Waals surface area contributed by atoms with Gasteiger partial charge in [0.05, 0.1) is 33.1 Å². The van der Waals surface area contributed by atoms with Gasteiger partial charge in [-0.15, -0.1) is 10.2 Å². The molecular formula is C22H24N4O5S. The lowest BCUT2D eigenvalue weighted by atomic mass is 10.1. The second-order valence-corrected chi connectivity index (χ2v) is 8.73. The lowest BCUT2D eigenvalue weighted by molar-refractivity contribution is 0.122. The Morgan fingerprint density at radius 3 is 2.31 bits per heavy atom. The van der Waals surface area contributed by atoms with Crippen molar-refractivity contribution in [1.29, 1.82) is 0 Å². The number of hydrogen-bond donors (Lipinski definition) is 1. The fourth-order valence-electron chi connectivity index (χ4n) is 3.36. The van der Waals surface area contributed by atoms with Crippen molar-refractivity contribution in [3.8, 4) is 22.8 Å². The summed E-state index contributed by atoms with van der Waals surface area (Å²) >= 11 is 0. The molecule has 0 bridgehead atoms. The molecule has 1 aliphatic heterocycles. The summed E-state index contributed by atoms with van der Waals surface area (Å²) in [6.45, 7) is 2.95. The topological polar surface area (TPSA) is 103 Å². The van der Waals surface area contributed by atoms with E-state index in [0.717, 1.165) is 24.5 Å². The highest BCUT2D eigenvalue weighted by Gasteiger charge is 2.20. The van der Waals surface area contributed by atoms with E-state index in [-0.39, 0.29) is 10.6 Å². The second-order valence-electron chi connectivity index (χ2n) is 7.08. The summed E-state index contributed by atoms with van der Waals surface area (Å²) < 4.78 is 44.0. The van der Waals surface area contributed by atoms with Crippen molar-refractivity contribution < 1.29 is 22.6 Å². The molecule has 2 heterocycles. The Balaban J connectivity index is 1.49. The molecule has 32 heavy (non-hydrogen) atoms. The van der Waals surface area contributed by atoms with E-state index in [1.807, 2.05) is 12.1 Å². The first kappa shape index (κ1) is 21.8. The molecule has 1 aliphatic rings. The summed E-state index contributed by atoms with van der Waals surface area (Å²) in [6.07, 6.45) is 0. The first-order valence-corrected chi connectivity index (χ1v) is 11.5. The van der Waals surface area contributed by atoms with Crippen molar-refractivity contribution in [3.05, 3.63) is 54.6 Å². The summed E-state index contributed by atoms with van der Waals surface area (Å²) in [6, 6.07) is 15.3. The number of nitrogens with zero attached hydrogens (tertiary/aromatic N) is 3. The monoisotopic (exact) mass is 456 g/mol. The zero-order valence-corrected chi connectivity index (χ0v) is 18.6. The minimum Gasteiger partial charge on any atom is -0.497 e. The quantitative estimate of drug-likeness (QED) is 0.579. The van der Waals surface area contributed by atoms with Crippen molar-refractivity contribution in [2.45, 2.75) is 4.90 Å². The van der Waals surface area contributed by atoms with Gasteiger partial charge in [0.2, 0.25) is 0 Å². The maximum Gasteiger partial charge on any atom is 0.265 e. The maximum absolute atomic E-state index is 12.9. The molecule has 0 spiro atoms. The number of nitrogens with one attached hydrogen (secondary N) is 1. The molecule has 0 saturated carbocycles. The highest BCUT2D eigenvalue weighted by atomic mass is 32.2. The highest BCUT2D eigenvalue weighted by Crippen LogP contribution is 2.30. The minimum atomic E-state index is -3.85. The number of methoxy groups -OCH3 is 2. The number of aromatic nitrogens is 2. The van der Waals surface area contributed by atoms with Crippen molar-refractivity contribution in [2.75, 3.05) is 50.1 Å². The van der Waals surface area contributed by atoms with Gasteiger partial charge < -0.3 is 19.1 Å². The van der Waals surface area contributed by atoms with Crippen LogP contribution >= 0.6 is 0 Å². The summed E-state index contributed by atoms with van der Waals surface area (Å²) in [5, 5.41) is 8.63. The molecule has 0 unspecified atom stereocenters. The normalized spacial score (nSPS) is 14.1.